The Morgan fingerprint density at radius 3 is 2.73 bits per heavy atom. The first-order valence-corrected chi connectivity index (χ1v) is 10.7. The van der Waals surface area contributed by atoms with Crippen molar-refractivity contribution in [3.05, 3.63) is 45.8 Å². The molecule has 0 saturated carbocycles. The van der Waals surface area contributed by atoms with Gasteiger partial charge in [0.25, 0.3) is 0 Å². The van der Waals surface area contributed by atoms with Crippen LogP contribution in [0, 0.1) is 5.82 Å². The second-order valence-corrected chi connectivity index (χ2v) is 9.34. The smallest absolute Gasteiger partial charge is 0.420 e. The number of ether oxygens (including phenoxy) is 3. The molecule has 2 aliphatic heterocycles. The van der Waals surface area contributed by atoms with E-state index in [2.05, 4.69) is 20.9 Å². The number of rotatable bonds is 1. The maximum absolute atomic E-state index is 14.8. The first-order valence-electron chi connectivity index (χ1n) is 9.95. The number of anilines is 2. The normalized spacial score (nSPS) is 16.9. The number of carbonyl (C=O) groups is 1. The van der Waals surface area contributed by atoms with E-state index in [-0.39, 0.29) is 24.0 Å². The Labute approximate surface area is 183 Å². The van der Waals surface area contributed by atoms with E-state index in [1.54, 1.807) is 33.0 Å². The molecular formula is C22H24BrFN2O4. The molecule has 1 fully saturated rings. The van der Waals surface area contributed by atoms with Crippen LogP contribution in [0.3, 0.4) is 0 Å². The summed E-state index contributed by atoms with van der Waals surface area (Å²) in [7, 11) is 0. The van der Waals surface area contributed by atoms with E-state index in [0.717, 1.165) is 24.0 Å². The zero-order valence-electron chi connectivity index (χ0n) is 17.2. The highest BCUT2D eigenvalue weighted by atomic mass is 79.9. The number of amides is 1. The van der Waals surface area contributed by atoms with Gasteiger partial charge in [-0.15, -0.1) is 0 Å². The number of nitrogens with zero attached hydrogens (tertiary/aromatic N) is 2. The highest BCUT2D eigenvalue weighted by Crippen LogP contribution is 2.44. The quantitative estimate of drug-likeness (QED) is 0.514. The van der Waals surface area contributed by atoms with Crippen molar-refractivity contribution in [3.63, 3.8) is 0 Å². The summed E-state index contributed by atoms with van der Waals surface area (Å²) in [4.78, 5) is 19.1. The van der Waals surface area contributed by atoms with Crippen LogP contribution in [-0.2, 0) is 16.1 Å². The third-order valence-corrected chi connectivity index (χ3v) is 5.57. The number of hydrogen-bond acceptors (Lipinski definition) is 5. The van der Waals surface area contributed by atoms with Gasteiger partial charge in [-0.1, -0.05) is 15.9 Å². The lowest BCUT2D eigenvalue weighted by Crippen LogP contribution is -2.34. The van der Waals surface area contributed by atoms with Crippen LogP contribution >= 0.6 is 15.9 Å². The minimum absolute atomic E-state index is 0.0000123. The van der Waals surface area contributed by atoms with Crippen molar-refractivity contribution in [2.24, 2.45) is 0 Å². The SMILES string of the molecule is CC(C)(C)OC(=O)N1c2cc(Br)cc(F)c2OCc2c(C3CCOCC3)ccnc21. The van der Waals surface area contributed by atoms with Crippen molar-refractivity contribution < 1.29 is 23.4 Å². The fourth-order valence-corrected chi connectivity index (χ4v) is 4.25. The second kappa shape index (κ2) is 8.15. The zero-order valence-corrected chi connectivity index (χ0v) is 18.8. The third kappa shape index (κ3) is 4.16. The van der Waals surface area contributed by atoms with Crippen molar-refractivity contribution >= 4 is 33.5 Å². The summed E-state index contributed by atoms with van der Waals surface area (Å²) in [6.45, 7) is 6.83. The molecule has 30 heavy (non-hydrogen) atoms. The van der Waals surface area contributed by atoms with Gasteiger partial charge in [-0.05, 0) is 63.3 Å². The second-order valence-electron chi connectivity index (χ2n) is 8.43. The lowest BCUT2D eigenvalue weighted by molar-refractivity contribution is 0.0597. The van der Waals surface area contributed by atoms with Crippen LogP contribution in [0.2, 0.25) is 0 Å². The van der Waals surface area contributed by atoms with Crippen molar-refractivity contribution in [2.75, 3.05) is 18.1 Å². The van der Waals surface area contributed by atoms with Crippen molar-refractivity contribution in [1.29, 1.82) is 0 Å². The molecule has 8 heteroatoms. The molecule has 1 aromatic heterocycles. The molecule has 2 aromatic rings. The molecule has 0 radical (unpaired) electrons. The molecule has 0 atom stereocenters. The average molecular weight is 479 g/mol. The van der Waals surface area contributed by atoms with Crippen LogP contribution in [0.1, 0.15) is 50.7 Å². The Morgan fingerprint density at radius 2 is 2.03 bits per heavy atom. The first-order chi connectivity index (χ1) is 14.2. The lowest BCUT2D eigenvalue weighted by atomic mass is 9.89. The van der Waals surface area contributed by atoms with Gasteiger partial charge in [-0.25, -0.2) is 19.1 Å². The maximum atomic E-state index is 14.8. The lowest BCUT2D eigenvalue weighted by Gasteiger charge is -2.29. The van der Waals surface area contributed by atoms with Crippen molar-refractivity contribution in [3.8, 4) is 5.75 Å². The van der Waals surface area contributed by atoms with E-state index in [1.165, 1.54) is 11.0 Å². The number of hydrogen-bond donors (Lipinski definition) is 0. The average Bonchev–Trinajstić information content (AvgIpc) is 2.84. The van der Waals surface area contributed by atoms with Crippen molar-refractivity contribution in [2.45, 2.75) is 51.7 Å². The Kier molecular flexibility index (Phi) is 5.72. The molecule has 1 saturated heterocycles. The highest BCUT2D eigenvalue weighted by molar-refractivity contribution is 9.10. The summed E-state index contributed by atoms with van der Waals surface area (Å²) >= 11 is 3.31. The van der Waals surface area contributed by atoms with Gasteiger partial charge in [0.05, 0.1) is 0 Å². The standard InChI is InChI=1S/C22H24BrFN2O4/c1-22(2,3)30-21(27)26-18-11-14(23)10-17(24)19(18)29-12-16-15(4-7-25-20(16)26)13-5-8-28-9-6-13/h4,7,10-11,13H,5-6,8-9,12H2,1-3H3. The summed E-state index contributed by atoms with van der Waals surface area (Å²) in [6.07, 6.45) is 2.79. The Hall–Kier alpha value is -2.19. The van der Waals surface area contributed by atoms with Gasteiger partial charge in [0.15, 0.2) is 11.6 Å². The Morgan fingerprint density at radius 1 is 1.30 bits per heavy atom. The van der Waals surface area contributed by atoms with Gasteiger partial charge in [-0.2, -0.15) is 0 Å². The van der Waals surface area contributed by atoms with Gasteiger partial charge in [0.1, 0.15) is 23.7 Å². The molecule has 160 valence electrons. The number of aromatic nitrogens is 1. The van der Waals surface area contributed by atoms with Gasteiger partial charge in [0, 0.05) is 29.4 Å². The van der Waals surface area contributed by atoms with E-state index in [9.17, 15) is 9.18 Å². The molecule has 0 aliphatic carbocycles. The van der Waals surface area contributed by atoms with E-state index < -0.39 is 17.5 Å². The monoisotopic (exact) mass is 478 g/mol. The molecular weight excluding hydrogens is 455 g/mol. The minimum Gasteiger partial charge on any atom is -0.483 e. The third-order valence-electron chi connectivity index (χ3n) is 5.11. The number of pyridine rings is 1. The Balaban J connectivity index is 1.88. The first kappa shape index (κ1) is 21.1. The predicted molar refractivity (Wildman–Crippen MR) is 114 cm³/mol. The van der Waals surface area contributed by atoms with Crippen molar-refractivity contribution in [1.82, 2.24) is 4.98 Å². The highest BCUT2D eigenvalue weighted by Gasteiger charge is 2.35. The number of halogens is 2. The van der Waals surface area contributed by atoms with Crippen LogP contribution in [-0.4, -0.2) is 29.9 Å². The van der Waals surface area contributed by atoms with Gasteiger partial charge >= 0.3 is 6.09 Å². The van der Waals surface area contributed by atoms with E-state index in [1.807, 2.05) is 6.07 Å². The van der Waals surface area contributed by atoms with Crippen LogP contribution in [0.25, 0.3) is 0 Å². The van der Waals surface area contributed by atoms with Crippen LogP contribution < -0.4 is 9.64 Å². The molecule has 0 unspecified atom stereocenters. The molecule has 6 nitrogen and oxygen atoms in total. The minimum atomic E-state index is -0.729. The van der Waals surface area contributed by atoms with Crippen LogP contribution in [0.15, 0.2) is 28.9 Å². The molecule has 2 aliphatic rings. The molecule has 0 bridgehead atoms. The van der Waals surface area contributed by atoms with E-state index in [0.29, 0.717) is 23.5 Å². The number of fused-ring (bicyclic) bond motifs is 2. The number of carbonyl (C=O) groups excluding carboxylic acids is 1. The molecule has 3 heterocycles. The number of benzene rings is 1. The summed E-state index contributed by atoms with van der Waals surface area (Å²) in [5.74, 6) is 0.107. The largest absolute Gasteiger partial charge is 0.483 e. The Bertz CT molecular complexity index is 970. The predicted octanol–water partition coefficient (Wildman–Crippen LogP) is 5.84. The molecule has 0 N–H and O–H groups in total. The molecule has 4 rings (SSSR count). The summed E-state index contributed by atoms with van der Waals surface area (Å²) in [5.41, 5.74) is 1.34. The fourth-order valence-electron chi connectivity index (χ4n) is 3.83. The fraction of sp³-hybridized carbons (Fsp3) is 0.455. The van der Waals surface area contributed by atoms with Crippen LogP contribution in [0.5, 0.6) is 5.75 Å². The van der Waals surface area contributed by atoms with Gasteiger partial charge < -0.3 is 14.2 Å². The van der Waals surface area contributed by atoms with Gasteiger partial charge in [0.2, 0.25) is 0 Å². The molecule has 1 aromatic carbocycles. The summed E-state index contributed by atoms with van der Waals surface area (Å²) < 4.78 is 32.3. The molecule has 1 amide bonds. The zero-order chi connectivity index (χ0) is 21.5. The molecule has 0 spiro atoms. The summed E-state index contributed by atoms with van der Waals surface area (Å²) in [6, 6.07) is 4.91. The maximum Gasteiger partial charge on any atom is 0.420 e. The van der Waals surface area contributed by atoms with E-state index in [4.69, 9.17) is 14.2 Å². The summed E-state index contributed by atoms with van der Waals surface area (Å²) in [5, 5.41) is 0. The van der Waals surface area contributed by atoms with Crippen LogP contribution in [0.4, 0.5) is 20.7 Å². The van der Waals surface area contributed by atoms with E-state index >= 15 is 0 Å². The van der Waals surface area contributed by atoms with Gasteiger partial charge in [-0.3, -0.25) is 0 Å². The topological polar surface area (TPSA) is 60.9 Å².